The summed E-state index contributed by atoms with van der Waals surface area (Å²) in [6, 6.07) is 16.3. The molecule has 1 aliphatic rings. The van der Waals surface area contributed by atoms with Crippen LogP contribution in [0.15, 0.2) is 65.6 Å². The summed E-state index contributed by atoms with van der Waals surface area (Å²) in [5.41, 5.74) is 2.63. The van der Waals surface area contributed by atoms with E-state index in [0.717, 1.165) is 15.4 Å². The summed E-state index contributed by atoms with van der Waals surface area (Å²) in [5, 5.41) is 2.76. The second-order valence-electron chi connectivity index (χ2n) is 9.37. The van der Waals surface area contributed by atoms with E-state index in [0.29, 0.717) is 49.0 Å². The molecule has 40 heavy (non-hydrogen) atoms. The van der Waals surface area contributed by atoms with Gasteiger partial charge in [-0.25, -0.2) is 8.42 Å². The summed E-state index contributed by atoms with van der Waals surface area (Å²) in [7, 11) is -1.35. The standard InChI is InChI=1S/C29H33N3O7S/c1-20-15-21(2)17-22(16-20)32(40(35,36)23-9-10-26(37-3)27(18-23)38-4)19-28(33)30-25-8-6-5-7-24(25)29(34)31-11-13-39-14-12-31/h5-10,15-18H,11-14,19H2,1-4H3,(H,30,33). The number of morpholine rings is 1. The molecular formula is C29H33N3O7S. The number of carbonyl (C=O) groups excluding carboxylic acids is 2. The predicted octanol–water partition coefficient (Wildman–Crippen LogP) is 3.63. The van der Waals surface area contributed by atoms with E-state index in [1.54, 1.807) is 41.3 Å². The second-order valence-corrected chi connectivity index (χ2v) is 11.2. The van der Waals surface area contributed by atoms with Crippen molar-refractivity contribution in [2.24, 2.45) is 0 Å². The molecule has 0 atom stereocenters. The average Bonchev–Trinajstić information content (AvgIpc) is 2.95. The molecule has 1 aliphatic heterocycles. The highest BCUT2D eigenvalue weighted by molar-refractivity contribution is 7.92. The van der Waals surface area contributed by atoms with Gasteiger partial charge in [-0.05, 0) is 61.4 Å². The first kappa shape index (κ1) is 28.9. The number of para-hydroxylation sites is 1. The van der Waals surface area contributed by atoms with Crippen LogP contribution in [0.5, 0.6) is 11.5 Å². The van der Waals surface area contributed by atoms with E-state index < -0.39 is 22.5 Å². The third kappa shape index (κ3) is 6.37. The number of aryl methyl sites for hydroxylation is 2. The van der Waals surface area contributed by atoms with Crippen molar-refractivity contribution in [3.05, 3.63) is 77.4 Å². The fourth-order valence-electron chi connectivity index (χ4n) is 4.55. The number of methoxy groups -OCH3 is 2. The minimum atomic E-state index is -4.23. The summed E-state index contributed by atoms with van der Waals surface area (Å²) >= 11 is 0. The molecule has 0 radical (unpaired) electrons. The predicted molar refractivity (Wildman–Crippen MR) is 152 cm³/mol. The summed E-state index contributed by atoms with van der Waals surface area (Å²) < 4.78 is 44.9. The number of rotatable bonds is 9. The van der Waals surface area contributed by atoms with Crippen molar-refractivity contribution in [3.63, 3.8) is 0 Å². The number of hydrogen-bond donors (Lipinski definition) is 1. The second kappa shape index (κ2) is 12.4. The number of carbonyl (C=O) groups is 2. The molecule has 0 spiro atoms. The number of sulfonamides is 1. The smallest absolute Gasteiger partial charge is 0.264 e. The largest absolute Gasteiger partial charge is 0.493 e. The van der Waals surface area contributed by atoms with Gasteiger partial charge in [0.1, 0.15) is 6.54 Å². The molecule has 1 heterocycles. The van der Waals surface area contributed by atoms with Crippen LogP contribution in [0.4, 0.5) is 11.4 Å². The summed E-state index contributed by atoms with van der Waals surface area (Å²) in [6.45, 7) is 4.96. The van der Waals surface area contributed by atoms with Gasteiger partial charge < -0.3 is 24.4 Å². The van der Waals surface area contributed by atoms with E-state index in [-0.39, 0.29) is 16.6 Å². The Labute approximate surface area is 234 Å². The van der Waals surface area contributed by atoms with Crippen molar-refractivity contribution in [2.75, 3.05) is 56.7 Å². The van der Waals surface area contributed by atoms with Crippen LogP contribution in [0.25, 0.3) is 0 Å². The van der Waals surface area contributed by atoms with Gasteiger partial charge in [-0.3, -0.25) is 13.9 Å². The van der Waals surface area contributed by atoms with Crippen LogP contribution >= 0.6 is 0 Å². The zero-order valence-corrected chi connectivity index (χ0v) is 23.8. The molecule has 11 heteroatoms. The van der Waals surface area contributed by atoms with Gasteiger partial charge in [0.15, 0.2) is 11.5 Å². The maximum absolute atomic E-state index is 14.0. The van der Waals surface area contributed by atoms with E-state index in [4.69, 9.17) is 14.2 Å². The quantitative estimate of drug-likeness (QED) is 0.420. The van der Waals surface area contributed by atoms with Crippen LogP contribution < -0.4 is 19.1 Å². The number of nitrogens with zero attached hydrogens (tertiary/aromatic N) is 2. The molecule has 0 saturated carbocycles. The van der Waals surface area contributed by atoms with E-state index >= 15 is 0 Å². The van der Waals surface area contributed by atoms with Gasteiger partial charge in [-0.2, -0.15) is 0 Å². The number of hydrogen-bond acceptors (Lipinski definition) is 7. The number of anilines is 2. The van der Waals surface area contributed by atoms with Crippen molar-refractivity contribution >= 4 is 33.2 Å². The summed E-state index contributed by atoms with van der Waals surface area (Å²) in [6.07, 6.45) is 0. The minimum Gasteiger partial charge on any atom is -0.493 e. The molecule has 0 bridgehead atoms. The molecular weight excluding hydrogens is 534 g/mol. The maximum atomic E-state index is 14.0. The van der Waals surface area contributed by atoms with Gasteiger partial charge in [0, 0.05) is 19.2 Å². The maximum Gasteiger partial charge on any atom is 0.264 e. The van der Waals surface area contributed by atoms with Crippen LogP contribution in [0.3, 0.4) is 0 Å². The van der Waals surface area contributed by atoms with Crippen molar-refractivity contribution in [3.8, 4) is 11.5 Å². The molecule has 0 aromatic heterocycles. The number of nitrogens with one attached hydrogen (secondary N) is 1. The first-order chi connectivity index (χ1) is 19.1. The highest BCUT2D eigenvalue weighted by atomic mass is 32.2. The average molecular weight is 568 g/mol. The van der Waals surface area contributed by atoms with Gasteiger partial charge in [-0.1, -0.05) is 18.2 Å². The Kier molecular flexibility index (Phi) is 8.96. The molecule has 2 amide bonds. The molecule has 1 saturated heterocycles. The van der Waals surface area contributed by atoms with Crippen molar-refractivity contribution in [2.45, 2.75) is 18.7 Å². The van der Waals surface area contributed by atoms with Crippen molar-refractivity contribution in [1.29, 1.82) is 0 Å². The van der Waals surface area contributed by atoms with E-state index in [2.05, 4.69) is 5.32 Å². The number of amides is 2. The van der Waals surface area contributed by atoms with Crippen molar-refractivity contribution in [1.82, 2.24) is 4.90 Å². The molecule has 4 rings (SSSR count). The Morgan fingerprint density at radius 1 is 0.925 bits per heavy atom. The lowest BCUT2D eigenvalue weighted by Crippen LogP contribution is -2.41. The van der Waals surface area contributed by atoms with Crippen LogP contribution in [0, 0.1) is 13.8 Å². The van der Waals surface area contributed by atoms with Crippen LogP contribution in [0.2, 0.25) is 0 Å². The highest BCUT2D eigenvalue weighted by Gasteiger charge is 2.29. The minimum absolute atomic E-state index is 0.0694. The molecule has 3 aromatic rings. The first-order valence-electron chi connectivity index (χ1n) is 12.7. The van der Waals surface area contributed by atoms with E-state index in [1.165, 1.54) is 32.4 Å². The van der Waals surface area contributed by atoms with Gasteiger partial charge >= 0.3 is 0 Å². The normalized spacial score (nSPS) is 13.4. The zero-order valence-electron chi connectivity index (χ0n) is 23.0. The lowest BCUT2D eigenvalue weighted by molar-refractivity contribution is -0.114. The molecule has 212 valence electrons. The van der Waals surface area contributed by atoms with Crippen LogP contribution in [-0.4, -0.2) is 72.2 Å². The molecule has 0 aliphatic carbocycles. The Hall–Kier alpha value is -4.09. The van der Waals surface area contributed by atoms with Gasteiger partial charge in [0.2, 0.25) is 5.91 Å². The SMILES string of the molecule is COc1ccc(S(=O)(=O)N(CC(=O)Nc2ccccc2C(=O)N2CCOCC2)c2cc(C)cc(C)c2)cc1OC. The van der Waals surface area contributed by atoms with E-state index in [9.17, 15) is 18.0 Å². The molecule has 0 unspecified atom stereocenters. The van der Waals surface area contributed by atoms with Crippen LogP contribution in [0.1, 0.15) is 21.5 Å². The first-order valence-corrected chi connectivity index (χ1v) is 14.2. The third-order valence-corrected chi connectivity index (χ3v) is 8.22. The lowest BCUT2D eigenvalue weighted by Gasteiger charge is -2.28. The molecule has 3 aromatic carbocycles. The highest BCUT2D eigenvalue weighted by Crippen LogP contribution is 2.33. The molecule has 10 nitrogen and oxygen atoms in total. The van der Waals surface area contributed by atoms with Gasteiger partial charge in [-0.15, -0.1) is 0 Å². The van der Waals surface area contributed by atoms with Gasteiger partial charge in [0.25, 0.3) is 15.9 Å². The fourth-order valence-corrected chi connectivity index (χ4v) is 5.97. The fraction of sp³-hybridized carbons (Fsp3) is 0.310. The van der Waals surface area contributed by atoms with Crippen LogP contribution in [-0.2, 0) is 19.6 Å². The zero-order chi connectivity index (χ0) is 28.9. The summed E-state index contributed by atoms with van der Waals surface area (Å²) in [5.74, 6) is -0.226. The Morgan fingerprint density at radius 2 is 1.57 bits per heavy atom. The van der Waals surface area contributed by atoms with Crippen molar-refractivity contribution < 1.29 is 32.2 Å². The Balaban J connectivity index is 1.67. The monoisotopic (exact) mass is 567 g/mol. The van der Waals surface area contributed by atoms with E-state index in [1.807, 2.05) is 19.9 Å². The topological polar surface area (TPSA) is 114 Å². The molecule has 1 fully saturated rings. The number of ether oxygens (including phenoxy) is 3. The summed E-state index contributed by atoms with van der Waals surface area (Å²) in [4.78, 5) is 28.2. The Bertz CT molecular complexity index is 1480. The Morgan fingerprint density at radius 3 is 2.23 bits per heavy atom. The lowest BCUT2D eigenvalue weighted by atomic mass is 10.1. The third-order valence-electron chi connectivity index (χ3n) is 6.45. The van der Waals surface area contributed by atoms with Gasteiger partial charge in [0.05, 0.1) is 49.3 Å². The molecule has 1 N–H and O–H groups in total. The number of benzene rings is 3.